The van der Waals surface area contributed by atoms with Crippen molar-refractivity contribution in [3.8, 4) is 0 Å². The molecule has 1 aromatic heterocycles. The predicted octanol–water partition coefficient (Wildman–Crippen LogP) is 0.591. The number of aromatic nitrogens is 1. The van der Waals surface area contributed by atoms with Crippen molar-refractivity contribution in [2.45, 2.75) is 19.9 Å². The highest BCUT2D eigenvalue weighted by molar-refractivity contribution is 7.99. The van der Waals surface area contributed by atoms with Gasteiger partial charge in [-0.05, 0) is 25.5 Å². The molecule has 0 aliphatic carbocycles. The number of carboxylic acids is 1. The van der Waals surface area contributed by atoms with Gasteiger partial charge >= 0.3 is 5.97 Å². The number of nitrogens with one attached hydrogen (secondary N) is 1. The molecule has 0 saturated carbocycles. The van der Waals surface area contributed by atoms with Crippen molar-refractivity contribution in [2.75, 3.05) is 11.6 Å². The monoisotopic (exact) mass is 282 g/mol. The van der Waals surface area contributed by atoms with Crippen LogP contribution >= 0.6 is 11.8 Å². The van der Waals surface area contributed by atoms with Gasteiger partial charge in [0.2, 0.25) is 0 Å². The van der Waals surface area contributed by atoms with Gasteiger partial charge in [-0.2, -0.15) is 0 Å². The summed E-state index contributed by atoms with van der Waals surface area (Å²) in [6, 6.07) is 0.839. The molecule has 1 aromatic rings. The normalized spacial score (nSPS) is 18.6. The summed E-state index contributed by atoms with van der Waals surface area (Å²) in [5.41, 5.74) is 0.791. The minimum Gasteiger partial charge on any atom is -0.480 e. The maximum atomic E-state index is 12.3. The summed E-state index contributed by atoms with van der Waals surface area (Å²) in [6.45, 7) is 3.41. The fraction of sp³-hybridized carbons (Fsp3) is 0.417. The lowest BCUT2D eigenvalue weighted by atomic mass is 10.1. The van der Waals surface area contributed by atoms with Crippen molar-refractivity contribution in [1.82, 2.24) is 9.88 Å². The van der Waals surface area contributed by atoms with Crippen LogP contribution in [-0.4, -0.2) is 44.5 Å². The number of carbonyl (C=O) groups is 2. The number of hydrogen-bond donors (Lipinski definition) is 2. The summed E-state index contributed by atoms with van der Waals surface area (Å²) in [6.07, 6.45) is 0. The number of amides is 1. The zero-order valence-electron chi connectivity index (χ0n) is 10.6. The zero-order valence-corrected chi connectivity index (χ0v) is 11.4. The molecule has 1 aliphatic heterocycles. The van der Waals surface area contributed by atoms with Crippen molar-refractivity contribution in [1.29, 1.82) is 0 Å². The molecule has 1 fully saturated rings. The largest absolute Gasteiger partial charge is 0.480 e. The van der Waals surface area contributed by atoms with Gasteiger partial charge in [-0.25, -0.2) is 4.79 Å². The van der Waals surface area contributed by atoms with Crippen LogP contribution in [0.25, 0.3) is 0 Å². The topological polar surface area (TPSA) is 90.5 Å². The second-order valence-electron chi connectivity index (χ2n) is 4.47. The van der Waals surface area contributed by atoms with Crippen molar-refractivity contribution < 1.29 is 14.7 Å². The lowest BCUT2D eigenvalue weighted by Gasteiger charge is -2.20. The fourth-order valence-electron chi connectivity index (χ4n) is 2.11. The Bertz CT molecular complexity index is 596. The van der Waals surface area contributed by atoms with Crippen LogP contribution in [-0.2, 0) is 4.79 Å². The average Bonchev–Trinajstić information content (AvgIpc) is 2.75. The summed E-state index contributed by atoms with van der Waals surface area (Å²) in [4.78, 5) is 39.1. The van der Waals surface area contributed by atoms with Crippen LogP contribution in [0.5, 0.6) is 0 Å². The zero-order chi connectivity index (χ0) is 14.2. The first-order chi connectivity index (χ1) is 8.91. The number of aromatic amines is 1. The molecular weight excluding hydrogens is 268 g/mol. The molecule has 7 heteroatoms. The molecule has 0 bridgehead atoms. The Morgan fingerprint density at radius 1 is 1.47 bits per heavy atom. The Morgan fingerprint density at radius 3 is 2.74 bits per heavy atom. The van der Waals surface area contributed by atoms with Gasteiger partial charge < -0.3 is 15.0 Å². The number of carbonyl (C=O) groups excluding carboxylic acids is 1. The SMILES string of the molecule is Cc1cc(C)c(C(=O)N2CSC[C@H]2C(=O)O)c(=O)[nH]1. The third kappa shape index (κ3) is 2.51. The average molecular weight is 282 g/mol. The second kappa shape index (κ2) is 5.08. The number of carboxylic acid groups (broad SMARTS) is 1. The highest BCUT2D eigenvalue weighted by Crippen LogP contribution is 2.23. The Morgan fingerprint density at radius 2 is 2.16 bits per heavy atom. The minimum absolute atomic E-state index is 0.0272. The van der Waals surface area contributed by atoms with Crippen LogP contribution in [0.4, 0.5) is 0 Å². The molecule has 2 N–H and O–H groups in total. The highest BCUT2D eigenvalue weighted by Gasteiger charge is 2.36. The van der Waals surface area contributed by atoms with Crippen LogP contribution in [0.1, 0.15) is 21.6 Å². The van der Waals surface area contributed by atoms with E-state index in [0.717, 1.165) is 0 Å². The van der Waals surface area contributed by atoms with Crippen LogP contribution in [0.15, 0.2) is 10.9 Å². The molecular formula is C12H14N2O4S. The highest BCUT2D eigenvalue weighted by atomic mass is 32.2. The maximum absolute atomic E-state index is 12.3. The van der Waals surface area contributed by atoms with Gasteiger partial charge in [-0.3, -0.25) is 9.59 Å². The van der Waals surface area contributed by atoms with Crippen LogP contribution in [0, 0.1) is 13.8 Å². The second-order valence-corrected chi connectivity index (χ2v) is 5.47. The van der Waals surface area contributed by atoms with E-state index in [1.54, 1.807) is 19.9 Å². The number of nitrogens with zero attached hydrogens (tertiary/aromatic N) is 1. The molecule has 0 radical (unpaired) electrons. The van der Waals surface area contributed by atoms with Gasteiger partial charge in [0, 0.05) is 11.4 Å². The van der Waals surface area contributed by atoms with Crippen molar-refractivity contribution in [3.05, 3.63) is 33.2 Å². The van der Waals surface area contributed by atoms with Gasteiger partial charge in [0.25, 0.3) is 11.5 Å². The molecule has 2 heterocycles. The van der Waals surface area contributed by atoms with Gasteiger partial charge in [0.15, 0.2) is 0 Å². The van der Waals surface area contributed by atoms with Crippen molar-refractivity contribution >= 4 is 23.6 Å². The number of rotatable bonds is 2. The number of hydrogen-bond acceptors (Lipinski definition) is 4. The number of aliphatic carboxylic acids is 1. The third-order valence-electron chi connectivity index (χ3n) is 3.01. The molecule has 1 saturated heterocycles. The molecule has 0 unspecified atom stereocenters. The van der Waals surface area contributed by atoms with E-state index >= 15 is 0 Å². The lowest BCUT2D eigenvalue weighted by molar-refractivity contribution is -0.140. The summed E-state index contributed by atoms with van der Waals surface area (Å²) in [7, 11) is 0. The Labute approximate surface area is 113 Å². The van der Waals surface area contributed by atoms with Crippen LogP contribution < -0.4 is 5.56 Å². The van der Waals surface area contributed by atoms with Gasteiger partial charge in [-0.1, -0.05) is 0 Å². The Hall–Kier alpha value is -1.76. The maximum Gasteiger partial charge on any atom is 0.327 e. The van der Waals surface area contributed by atoms with E-state index in [-0.39, 0.29) is 5.56 Å². The first-order valence-electron chi connectivity index (χ1n) is 5.74. The summed E-state index contributed by atoms with van der Waals surface area (Å²) in [5.74, 6) is -0.914. The van der Waals surface area contributed by atoms with Crippen LogP contribution in [0.3, 0.4) is 0 Å². The first-order valence-corrected chi connectivity index (χ1v) is 6.89. The van der Waals surface area contributed by atoms with E-state index in [9.17, 15) is 14.4 Å². The molecule has 0 aromatic carbocycles. The first kappa shape index (κ1) is 13.7. The van der Waals surface area contributed by atoms with E-state index in [0.29, 0.717) is 22.9 Å². The molecule has 2 rings (SSSR count). The standard InChI is InChI=1S/C12H14N2O4S/c1-6-3-7(2)13-10(15)9(6)11(16)14-5-19-4-8(14)12(17)18/h3,8H,4-5H2,1-2H3,(H,13,15)(H,17,18)/t8-/m0/s1. The molecule has 1 amide bonds. The minimum atomic E-state index is -1.04. The van der Waals surface area contributed by atoms with Gasteiger partial charge in [0.1, 0.15) is 11.6 Å². The molecule has 6 nitrogen and oxygen atoms in total. The summed E-state index contributed by atoms with van der Waals surface area (Å²) >= 11 is 1.37. The number of thioether (sulfide) groups is 1. The number of pyridine rings is 1. The molecule has 0 spiro atoms. The van der Waals surface area contributed by atoms with Crippen molar-refractivity contribution in [3.63, 3.8) is 0 Å². The molecule has 1 aliphatic rings. The van der Waals surface area contributed by atoms with Crippen LogP contribution in [0.2, 0.25) is 0 Å². The molecule has 19 heavy (non-hydrogen) atoms. The fourth-order valence-corrected chi connectivity index (χ4v) is 3.26. The quantitative estimate of drug-likeness (QED) is 0.828. The molecule has 102 valence electrons. The summed E-state index contributed by atoms with van der Waals surface area (Å²) < 4.78 is 0. The van der Waals surface area contributed by atoms with E-state index in [1.807, 2.05) is 0 Å². The van der Waals surface area contributed by atoms with E-state index < -0.39 is 23.5 Å². The smallest absolute Gasteiger partial charge is 0.327 e. The van der Waals surface area contributed by atoms with Crippen molar-refractivity contribution in [2.24, 2.45) is 0 Å². The van der Waals surface area contributed by atoms with E-state index in [4.69, 9.17) is 5.11 Å². The summed E-state index contributed by atoms with van der Waals surface area (Å²) in [5, 5.41) is 9.07. The predicted molar refractivity (Wildman–Crippen MR) is 71.5 cm³/mol. The van der Waals surface area contributed by atoms with Gasteiger partial charge in [0.05, 0.1) is 5.88 Å². The van der Waals surface area contributed by atoms with E-state index in [2.05, 4.69) is 4.98 Å². The third-order valence-corrected chi connectivity index (χ3v) is 4.02. The Balaban J connectivity index is 2.40. The lowest BCUT2D eigenvalue weighted by Crippen LogP contribution is -2.43. The molecule has 1 atom stereocenters. The number of H-pyrrole nitrogens is 1. The Kier molecular flexibility index (Phi) is 3.66. The number of aryl methyl sites for hydroxylation is 2. The van der Waals surface area contributed by atoms with E-state index in [1.165, 1.54) is 16.7 Å². The van der Waals surface area contributed by atoms with Gasteiger partial charge in [-0.15, -0.1) is 11.8 Å².